The third-order valence-electron chi connectivity index (χ3n) is 4.26. The summed E-state index contributed by atoms with van der Waals surface area (Å²) in [6.45, 7) is 8.43. The highest BCUT2D eigenvalue weighted by atomic mass is 16.5. The topological polar surface area (TPSA) is 38.5 Å². The fraction of sp³-hybridized carbons (Fsp3) is 0.647. The lowest BCUT2D eigenvalue weighted by atomic mass is 9.97. The first kappa shape index (κ1) is 15.5. The lowest BCUT2D eigenvalue weighted by Gasteiger charge is -2.34. The molecule has 1 fully saturated rings. The fourth-order valence-electron chi connectivity index (χ4n) is 2.79. The van der Waals surface area contributed by atoms with Gasteiger partial charge in [-0.05, 0) is 51.3 Å². The minimum atomic E-state index is -0.00745. The van der Waals surface area contributed by atoms with E-state index in [4.69, 9.17) is 10.5 Å². The molecule has 1 aromatic rings. The molecule has 0 aromatic heterocycles. The predicted molar refractivity (Wildman–Crippen MR) is 83.6 cm³/mol. The second kappa shape index (κ2) is 7.77. The van der Waals surface area contributed by atoms with E-state index in [1.54, 1.807) is 0 Å². The molecule has 2 N–H and O–H groups in total. The summed E-state index contributed by atoms with van der Waals surface area (Å²) in [5.74, 6) is 0.702. The Labute approximate surface area is 123 Å². The van der Waals surface area contributed by atoms with Crippen LogP contribution in [0.4, 0.5) is 0 Å². The van der Waals surface area contributed by atoms with Gasteiger partial charge in [-0.25, -0.2) is 0 Å². The molecule has 20 heavy (non-hydrogen) atoms. The quantitative estimate of drug-likeness (QED) is 0.868. The molecule has 2 rings (SSSR count). The molecule has 0 saturated carbocycles. The van der Waals surface area contributed by atoms with Crippen LogP contribution in [0.2, 0.25) is 0 Å². The first-order valence-electron chi connectivity index (χ1n) is 7.79. The zero-order valence-corrected chi connectivity index (χ0v) is 12.8. The summed E-state index contributed by atoms with van der Waals surface area (Å²) in [5, 5.41) is 0. The number of hydrogen-bond donors (Lipinski definition) is 1. The van der Waals surface area contributed by atoms with Crippen LogP contribution < -0.4 is 5.73 Å². The van der Waals surface area contributed by atoms with Crippen molar-refractivity contribution in [2.75, 3.05) is 26.3 Å². The molecule has 1 heterocycles. The normalized spacial score (nSPS) is 19.4. The number of piperidine rings is 1. The highest BCUT2D eigenvalue weighted by Crippen LogP contribution is 2.19. The second-order valence-electron chi connectivity index (χ2n) is 6.13. The largest absolute Gasteiger partial charge is 0.379 e. The molecule has 1 aliphatic rings. The van der Waals surface area contributed by atoms with E-state index < -0.39 is 0 Å². The van der Waals surface area contributed by atoms with Gasteiger partial charge in [-0.3, -0.25) is 0 Å². The smallest absolute Gasteiger partial charge is 0.0659 e. The molecule has 1 saturated heterocycles. The monoisotopic (exact) mass is 276 g/mol. The summed E-state index contributed by atoms with van der Waals surface area (Å²) in [4.78, 5) is 2.55. The summed E-state index contributed by atoms with van der Waals surface area (Å²) in [6, 6.07) is 10.9. The van der Waals surface area contributed by atoms with Crippen molar-refractivity contribution in [2.24, 2.45) is 11.7 Å². The highest BCUT2D eigenvalue weighted by molar-refractivity contribution is 5.18. The average Bonchev–Trinajstić information content (AvgIpc) is 2.48. The number of ether oxygens (including phenoxy) is 1. The van der Waals surface area contributed by atoms with Crippen LogP contribution in [0.5, 0.6) is 0 Å². The van der Waals surface area contributed by atoms with Gasteiger partial charge in [0, 0.05) is 12.6 Å². The van der Waals surface area contributed by atoms with Crippen molar-refractivity contribution in [1.82, 2.24) is 4.90 Å². The van der Waals surface area contributed by atoms with E-state index in [0.29, 0.717) is 18.6 Å². The van der Waals surface area contributed by atoms with Crippen molar-refractivity contribution >= 4 is 0 Å². The maximum atomic E-state index is 6.14. The van der Waals surface area contributed by atoms with Gasteiger partial charge in [-0.2, -0.15) is 0 Å². The molecule has 112 valence electrons. The minimum Gasteiger partial charge on any atom is -0.379 e. The third kappa shape index (κ3) is 4.58. The highest BCUT2D eigenvalue weighted by Gasteiger charge is 2.21. The van der Waals surface area contributed by atoms with E-state index in [1.807, 2.05) is 18.2 Å². The number of hydrogen-bond acceptors (Lipinski definition) is 3. The van der Waals surface area contributed by atoms with Gasteiger partial charge in [0.2, 0.25) is 0 Å². The van der Waals surface area contributed by atoms with E-state index in [-0.39, 0.29) is 6.04 Å². The Kier molecular flexibility index (Phi) is 6.02. The van der Waals surface area contributed by atoms with Crippen LogP contribution in [0.3, 0.4) is 0 Å². The SMILES string of the molecule is CC(C)N1CCC(COC[C@H](N)c2ccccc2)CC1. The lowest BCUT2D eigenvalue weighted by molar-refractivity contribution is 0.0534. The zero-order chi connectivity index (χ0) is 14.4. The van der Waals surface area contributed by atoms with Crippen molar-refractivity contribution in [3.63, 3.8) is 0 Å². The van der Waals surface area contributed by atoms with Crippen LogP contribution in [0, 0.1) is 5.92 Å². The summed E-state index contributed by atoms with van der Waals surface area (Å²) in [7, 11) is 0. The number of rotatable bonds is 6. The van der Waals surface area contributed by atoms with Crippen LogP contribution >= 0.6 is 0 Å². The van der Waals surface area contributed by atoms with Crippen LogP contribution in [-0.4, -0.2) is 37.2 Å². The van der Waals surface area contributed by atoms with Gasteiger partial charge in [0.1, 0.15) is 0 Å². The minimum absolute atomic E-state index is 0.00745. The number of nitrogens with two attached hydrogens (primary N) is 1. The summed E-state index contributed by atoms with van der Waals surface area (Å²) in [5.41, 5.74) is 7.29. The molecule has 0 spiro atoms. The maximum absolute atomic E-state index is 6.14. The Bertz CT molecular complexity index is 372. The molecule has 3 nitrogen and oxygen atoms in total. The number of likely N-dealkylation sites (tertiary alicyclic amines) is 1. The zero-order valence-electron chi connectivity index (χ0n) is 12.8. The number of benzene rings is 1. The van der Waals surface area contributed by atoms with Crippen LogP contribution in [0.15, 0.2) is 30.3 Å². The van der Waals surface area contributed by atoms with E-state index in [1.165, 1.54) is 25.9 Å². The van der Waals surface area contributed by atoms with Gasteiger partial charge in [0.25, 0.3) is 0 Å². The molecule has 0 radical (unpaired) electrons. The van der Waals surface area contributed by atoms with Crippen molar-refractivity contribution in [2.45, 2.75) is 38.8 Å². The summed E-state index contributed by atoms with van der Waals surface area (Å²) >= 11 is 0. The third-order valence-corrected chi connectivity index (χ3v) is 4.26. The average molecular weight is 276 g/mol. The van der Waals surface area contributed by atoms with Crippen molar-refractivity contribution < 1.29 is 4.74 Å². The molecule has 1 aromatic carbocycles. The molecule has 0 bridgehead atoms. The number of nitrogens with zero attached hydrogens (tertiary/aromatic N) is 1. The van der Waals surface area contributed by atoms with Gasteiger partial charge < -0.3 is 15.4 Å². The standard InChI is InChI=1S/C17H28N2O/c1-14(2)19-10-8-15(9-11-19)12-20-13-17(18)16-6-4-3-5-7-16/h3-7,14-15,17H,8-13,18H2,1-2H3/t17-/m0/s1. The molecule has 0 amide bonds. The second-order valence-corrected chi connectivity index (χ2v) is 6.13. The summed E-state index contributed by atoms with van der Waals surface area (Å²) in [6.07, 6.45) is 2.50. The van der Waals surface area contributed by atoms with Crippen LogP contribution in [0.25, 0.3) is 0 Å². The molecule has 0 unspecified atom stereocenters. The van der Waals surface area contributed by atoms with Gasteiger partial charge >= 0.3 is 0 Å². The lowest BCUT2D eigenvalue weighted by Crippen LogP contribution is -2.39. The Hall–Kier alpha value is -0.900. The van der Waals surface area contributed by atoms with Crippen LogP contribution in [0.1, 0.15) is 38.3 Å². The Morgan fingerprint density at radius 3 is 2.45 bits per heavy atom. The van der Waals surface area contributed by atoms with E-state index in [0.717, 1.165) is 12.2 Å². The predicted octanol–water partition coefficient (Wildman–Crippen LogP) is 2.82. The fourth-order valence-corrected chi connectivity index (χ4v) is 2.79. The molecular formula is C17H28N2O. The Morgan fingerprint density at radius 2 is 1.85 bits per heavy atom. The van der Waals surface area contributed by atoms with E-state index >= 15 is 0 Å². The van der Waals surface area contributed by atoms with E-state index in [9.17, 15) is 0 Å². The molecule has 0 aliphatic carbocycles. The first-order chi connectivity index (χ1) is 9.66. The van der Waals surface area contributed by atoms with Crippen molar-refractivity contribution in [1.29, 1.82) is 0 Å². The van der Waals surface area contributed by atoms with Crippen molar-refractivity contribution in [3.8, 4) is 0 Å². The Balaban J connectivity index is 1.65. The first-order valence-corrected chi connectivity index (χ1v) is 7.79. The van der Waals surface area contributed by atoms with Gasteiger partial charge in [-0.15, -0.1) is 0 Å². The van der Waals surface area contributed by atoms with Crippen LogP contribution in [-0.2, 0) is 4.74 Å². The maximum Gasteiger partial charge on any atom is 0.0659 e. The van der Waals surface area contributed by atoms with E-state index in [2.05, 4.69) is 30.9 Å². The van der Waals surface area contributed by atoms with Gasteiger partial charge in [-0.1, -0.05) is 30.3 Å². The summed E-state index contributed by atoms with van der Waals surface area (Å²) < 4.78 is 5.84. The molecular weight excluding hydrogens is 248 g/mol. The Morgan fingerprint density at radius 1 is 1.20 bits per heavy atom. The van der Waals surface area contributed by atoms with Crippen molar-refractivity contribution in [3.05, 3.63) is 35.9 Å². The molecule has 1 atom stereocenters. The van der Waals surface area contributed by atoms with Gasteiger partial charge in [0.15, 0.2) is 0 Å². The van der Waals surface area contributed by atoms with Gasteiger partial charge in [0.05, 0.1) is 12.6 Å². The molecule has 1 aliphatic heterocycles. The molecule has 3 heteroatoms.